The second kappa shape index (κ2) is 9.02. The van der Waals surface area contributed by atoms with Gasteiger partial charge in [-0.1, -0.05) is 18.2 Å². The van der Waals surface area contributed by atoms with Crippen molar-refractivity contribution in [1.82, 2.24) is 19.6 Å². The molecular formula is C25H29N5O2S. The predicted molar refractivity (Wildman–Crippen MR) is 130 cm³/mol. The van der Waals surface area contributed by atoms with E-state index >= 15 is 0 Å². The molecule has 7 nitrogen and oxygen atoms in total. The first-order valence-corrected chi connectivity index (χ1v) is 12.4. The van der Waals surface area contributed by atoms with Crippen molar-refractivity contribution in [2.75, 3.05) is 37.6 Å². The third-order valence-corrected chi connectivity index (χ3v) is 7.55. The van der Waals surface area contributed by atoms with Crippen LogP contribution < -0.4 is 4.90 Å². The SMILES string of the molecule is CCn1nc(C(=O)N2CCN(c3ccccc3)CC2)c2c1CCN(C(=O)c1ccc(C)s1)C2. The molecule has 1 aromatic carbocycles. The molecule has 1 saturated heterocycles. The molecule has 0 N–H and O–H groups in total. The van der Waals surface area contributed by atoms with E-state index in [1.54, 1.807) is 0 Å². The zero-order chi connectivity index (χ0) is 22.9. The summed E-state index contributed by atoms with van der Waals surface area (Å²) >= 11 is 1.52. The van der Waals surface area contributed by atoms with Crippen molar-refractivity contribution in [3.05, 3.63) is 69.2 Å². The number of hydrogen-bond donors (Lipinski definition) is 0. The lowest BCUT2D eigenvalue weighted by Crippen LogP contribution is -2.49. The Labute approximate surface area is 198 Å². The van der Waals surface area contributed by atoms with Crippen LogP contribution in [0.5, 0.6) is 0 Å². The van der Waals surface area contributed by atoms with E-state index in [0.29, 0.717) is 31.9 Å². The summed E-state index contributed by atoms with van der Waals surface area (Å²) in [6.07, 6.45) is 0.724. The zero-order valence-electron chi connectivity index (χ0n) is 19.2. The largest absolute Gasteiger partial charge is 0.368 e. The summed E-state index contributed by atoms with van der Waals surface area (Å²) in [5.74, 6) is 0.0188. The van der Waals surface area contributed by atoms with Crippen LogP contribution in [0.25, 0.3) is 0 Å². The minimum atomic E-state index is -0.0209. The van der Waals surface area contributed by atoms with Crippen molar-refractivity contribution in [2.45, 2.75) is 33.4 Å². The maximum atomic E-state index is 13.5. The first kappa shape index (κ1) is 21.7. The van der Waals surface area contributed by atoms with Crippen LogP contribution in [0.2, 0.25) is 0 Å². The van der Waals surface area contributed by atoms with Crippen LogP contribution >= 0.6 is 11.3 Å². The van der Waals surface area contributed by atoms with E-state index in [1.807, 2.05) is 58.7 Å². The number of benzene rings is 1. The number of rotatable bonds is 4. The fraction of sp³-hybridized carbons (Fsp3) is 0.400. The topological polar surface area (TPSA) is 61.7 Å². The number of amides is 2. The Morgan fingerprint density at radius 2 is 1.70 bits per heavy atom. The molecule has 172 valence electrons. The molecule has 0 atom stereocenters. The van der Waals surface area contributed by atoms with Crippen LogP contribution in [0.1, 0.15) is 43.2 Å². The van der Waals surface area contributed by atoms with Crippen molar-refractivity contribution in [1.29, 1.82) is 0 Å². The number of piperazine rings is 1. The average molecular weight is 464 g/mol. The van der Waals surface area contributed by atoms with Gasteiger partial charge in [-0.25, -0.2) is 0 Å². The van der Waals surface area contributed by atoms with Gasteiger partial charge >= 0.3 is 0 Å². The molecule has 2 aliphatic rings. The molecule has 3 aromatic rings. The first-order valence-electron chi connectivity index (χ1n) is 11.6. The van der Waals surface area contributed by atoms with Gasteiger partial charge in [-0.3, -0.25) is 14.3 Å². The van der Waals surface area contributed by atoms with E-state index in [1.165, 1.54) is 17.0 Å². The first-order chi connectivity index (χ1) is 16.0. The van der Waals surface area contributed by atoms with Crippen LogP contribution in [-0.4, -0.2) is 64.1 Å². The van der Waals surface area contributed by atoms with Crippen molar-refractivity contribution in [3.63, 3.8) is 0 Å². The Hall–Kier alpha value is -3.13. The monoisotopic (exact) mass is 463 g/mol. The molecule has 1 fully saturated rings. The number of aromatic nitrogens is 2. The van der Waals surface area contributed by atoms with Gasteiger partial charge in [-0.15, -0.1) is 11.3 Å². The van der Waals surface area contributed by atoms with Crippen LogP contribution in [0, 0.1) is 6.92 Å². The average Bonchev–Trinajstić information content (AvgIpc) is 3.47. The number of para-hydroxylation sites is 1. The maximum Gasteiger partial charge on any atom is 0.274 e. The van der Waals surface area contributed by atoms with Crippen LogP contribution in [0.4, 0.5) is 5.69 Å². The molecule has 0 spiro atoms. The van der Waals surface area contributed by atoms with E-state index in [9.17, 15) is 9.59 Å². The number of anilines is 1. The van der Waals surface area contributed by atoms with E-state index in [0.717, 1.165) is 47.1 Å². The second-order valence-electron chi connectivity index (χ2n) is 8.59. The number of carbonyl (C=O) groups excluding carboxylic acids is 2. The summed E-state index contributed by atoms with van der Waals surface area (Å²) in [4.78, 5) is 34.5. The molecule has 0 unspecified atom stereocenters. The fourth-order valence-electron chi connectivity index (χ4n) is 4.76. The van der Waals surface area contributed by atoms with Gasteiger partial charge in [0.2, 0.25) is 0 Å². The second-order valence-corrected chi connectivity index (χ2v) is 9.88. The smallest absolute Gasteiger partial charge is 0.274 e. The van der Waals surface area contributed by atoms with Gasteiger partial charge in [0.25, 0.3) is 11.8 Å². The summed E-state index contributed by atoms with van der Waals surface area (Å²) in [5.41, 5.74) is 3.71. The van der Waals surface area contributed by atoms with Gasteiger partial charge < -0.3 is 14.7 Å². The lowest BCUT2D eigenvalue weighted by Gasteiger charge is -2.36. The molecule has 2 amide bonds. The Kier molecular flexibility index (Phi) is 5.93. The van der Waals surface area contributed by atoms with E-state index in [2.05, 4.69) is 17.0 Å². The minimum Gasteiger partial charge on any atom is -0.368 e. The standard InChI is InChI=1S/C25H29N5O2S/c1-3-30-21-11-12-29(24(31)22-10-9-18(2)33-22)17-20(21)23(26-30)25(32)28-15-13-27(14-16-28)19-7-5-4-6-8-19/h4-10H,3,11-17H2,1-2H3. The highest BCUT2D eigenvalue weighted by Gasteiger charge is 2.33. The Balaban J connectivity index is 1.34. The molecule has 4 heterocycles. The predicted octanol–water partition coefficient (Wildman–Crippen LogP) is 3.43. The highest BCUT2D eigenvalue weighted by Crippen LogP contribution is 2.27. The van der Waals surface area contributed by atoms with Crippen LogP contribution in [0.3, 0.4) is 0 Å². The quantitative estimate of drug-likeness (QED) is 0.595. The Morgan fingerprint density at radius 3 is 2.36 bits per heavy atom. The van der Waals surface area contributed by atoms with Gasteiger partial charge in [0.1, 0.15) is 0 Å². The minimum absolute atomic E-state index is 0.0209. The van der Waals surface area contributed by atoms with Gasteiger partial charge in [0, 0.05) is 67.5 Å². The molecule has 5 rings (SSSR count). The lowest BCUT2D eigenvalue weighted by molar-refractivity contribution is 0.0712. The maximum absolute atomic E-state index is 13.5. The molecule has 0 radical (unpaired) electrons. The van der Waals surface area contributed by atoms with Crippen molar-refractivity contribution < 1.29 is 9.59 Å². The number of carbonyl (C=O) groups is 2. The normalized spacial score (nSPS) is 16.1. The van der Waals surface area contributed by atoms with Crippen LogP contribution in [-0.2, 0) is 19.5 Å². The summed E-state index contributed by atoms with van der Waals surface area (Å²) in [7, 11) is 0. The number of fused-ring (bicyclic) bond motifs is 1. The molecule has 2 aliphatic heterocycles. The van der Waals surface area contributed by atoms with Crippen LogP contribution in [0.15, 0.2) is 42.5 Å². The van der Waals surface area contributed by atoms with Gasteiger partial charge in [0.15, 0.2) is 5.69 Å². The highest BCUT2D eigenvalue weighted by molar-refractivity contribution is 7.13. The lowest BCUT2D eigenvalue weighted by atomic mass is 10.0. The molecule has 2 aromatic heterocycles. The van der Waals surface area contributed by atoms with E-state index in [4.69, 9.17) is 5.10 Å². The third-order valence-electron chi connectivity index (χ3n) is 6.56. The highest BCUT2D eigenvalue weighted by atomic mass is 32.1. The third kappa shape index (κ3) is 4.15. The van der Waals surface area contributed by atoms with Crippen molar-refractivity contribution in [2.24, 2.45) is 0 Å². The number of hydrogen-bond acceptors (Lipinski definition) is 5. The van der Waals surface area contributed by atoms with Crippen molar-refractivity contribution in [3.8, 4) is 0 Å². The summed E-state index contributed by atoms with van der Waals surface area (Å²) in [6, 6.07) is 14.2. The summed E-state index contributed by atoms with van der Waals surface area (Å²) in [5, 5.41) is 4.71. The Morgan fingerprint density at radius 1 is 0.939 bits per heavy atom. The van der Waals surface area contributed by atoms with E-state index in [-0.39, 0.29) is 11.8 Å². The molecule has 0 saturated carbocycles. The fourth-order valence-corrected chi connectivity index (χ4v) is 5.59. The van der Waals surface area contributed by atoms with E-state index < -0.39 is 0 Å². The Bertz CT molecular complexity index is 1160. The van der Waals surface area contributed by atoms with Crippen molar-refractivity contribution >= 4 is 28.8 Å². The molecular weight excluding hydrogens is 434 g/mol. The summed E-state index contributed by atoms with van der Waals surface area (Å²) < 4.78 is 1.94. The molecule has 0 bridgehead atoms. The molecule has 8 heteroatoms. The number of aryl methyl sites for hydroxylation is 2. The molecule has 0 aliphatic carbocycles. The zero-order valence-corrected chi connectivity index (χ0v) is 20.0. The van der Waals surface area contributed by atoms with Gasteiger partial charge in [0.05, 0.1) is 11.4 Å². The number of thiophene rings is 1. The molecule has 33 heavy (non-hydrogen) atoms. The van der Waals surface area contributed by atoms with Gasteiger partial charge in [-0.2, -0.15) is 5.10 Å². The van der Waals surface area contributed by atoms with Gasteiger partial charge in [-0.05, 0) is 38.1 Å². The summed E-state index contributed by atoms with van der Waals surface area (Å²) in [6.45, 7) is 8.80. The number of nitrogens with zero attached hydrogens (tertiary/aromatic N) is 5.